The van der Waals surface area contributed by atoms with Crippen LogP contribution in [0.25, 0.3) is 0 Å². The van der Waals surface area contributed by atoms with Gasteiger partial charge in [0.05, 0.1) is 19.3 Å². The third-order valence-electron chi connectivity index (χ3n) is 4.26. The number of ketones is 1. The summed E-state index contributed by atoms with van der Waals surface area (Å²) in [4.78, 5) is 23.2. The van der Waals surface area contributed by atoms with Gasteiger partial charge in [0.15, 0.2) is 0 Å². The first kappa shape index (κ1) is 19.3. The Morgan fingerprint density at radius 3 is 2.35 bits per heavy atom. The molecule has 0 aliphatic carbocycles. The molecule has 0 radical (unpaired) electrons. The van der Waals surface area contributed by atoms with Gasteiger partial charge in [-0.3, -0.25) is 9.59 Å². The molecule has 0 aromatic heterocycles. The van der Waals surface area contributed by atoms with Gasteiger partial charge in [0.25, 0.3) is 0 Å². The lowest BCUT2D eigenvalue weighted by Crippen LogP contribution is -2.38. The normalized spacial score (nSPS) is 13.7. The van der Waals surface area contributed by atoms with E-state index in [0.29, 0.717) is 12.8 Å². The molecule has 5 nitrogen and oxygen atoms in total. The second-order valence-electron chi connectivity index (χ2n) is 6.15. The highest BCUT2D eigenvalue weighted by atomic mass is 16.5. The molecule has 0 saturated heterocycles. The average Bonchev–Trinajstić information content (AvgIpc) is 2.52. The van der Waals surface area contributed by atoms with Gasteiger partial charge in [0.2, 0.25) is 0 Å². The number of carbonyl (C=O) groups is 2. The van der Waals surface area contributed by atoms with E-state index in [1.165, 1.54) is 7.11 Å². The lowest BCUT2D eigenvalue weighted by atomic mass is 9.80. The zero-order valence-corrected chi connectivity index (χ0v) is 14.0. The van der Waals surface area contributed by atoms with Crippen LogP contribution in [-0.4, -0.2) is 34.7 Å². The molecule has 23 heavy (non-hydrogen) atoms. The van der Waals surface area contributed by atoms with Crippen LogP contribution in [0, 0.1) is 5.92 Å². The van der Waals surface area contributed by atoms with Crippen molar-refractivity contribution in [1.29, 1.82) is 0 Å². The van der Waals surface area contributed by atoms with E-state index in [2.05, 4.69) is 4.74 Å². The highest BCUT2D eigenvalue weighted by Crippen LogP contribution is 2.28. The summed E-state index contributed by atoms with van der Waals surface area (Å²) in [5.74, 6) is -1.05. The number of aliphatic hydroxyl groups is 2. The third kappa shape index (κ3) is 5.77. The van der Waals surface area contributed by atoms with Crippen molar-refractivity contribution in [3.8, 4) is 0 Å². The Labute approximate surface area is 137 Å². The van der Waals surface area contributed by atoms with Crippen LogP contribution >= 0.6 is 0 Å². The maximum Gasteiger partial charge on any atom is 0.313 e. The Morgan fingerprint density at radius 2 is 1.83 bits per heavy atom. The maximum atomic E-state index is 12.0. The molecule has 5 heteroatoms. The average molecular weight is 322 g/mol. The first-order valence-corrected chi connectivity index (χ1v) is 7.81. The predicted molar refractivity (Wildman–Crippen MR) is 86.7 cm³/mol. The van der Waals surface area contributed by atoms with Crippen molar-refractivity contribution in [2.75, 3.05) is 7.11 Å². The first-order valence-electron chi connectivity index (χ1n) is 7.81. The molecule has 1 aromatic rings. The number of rotatable bonds is 9. The van der Waals surface area contributed by atoms with Gasteiger partial charge in [-0.25, -0.2) is 0 Å². The molecule has 0 heterocycles. The van der Waals surface area contributed by atoms with Crippen LogP contribution in [0.5, 0.6) is 0 Å². The van der Waals surface area contributed by atoms with Gasteiger partial charge in [0, 0.05) is 6.42 Å². The van der Waals surface area contributed by atoms with Gasteiger partial charge in [-0.2, -0.15) is 0 Å². The Morgan fingerprint density at radius 1 is 1.22 bits per heavy atom. The largest absolute Gasteiger partial charge is 0.469 e. The Kier molecular flexibility index (Phi) is 7.39. The van der Waals surface area contributed by atoms with Crippen LogP contribution in [0.1, 0.15) is 44.2 Å². The summed E-state index contributed by atoms with van der Waals surface area (Å²) in [6.07, 6.45) is 0.533. The van der Waals surface area contributed by atoms with E-state index in [1.807, 2.05) is 38.1 Å². The van der Waals surface area contributed by atoms with E-state index in [1.54, 1.807) is 0 Å². The van der Waals surface area contributed by atoms with Gasteiger partial charge in [-0.05, 0) is 29.9 Å². The maximum absolute atomic E-state index is 12.0. The SMILES string of the molecule is COC(=O)CC(=O)CC(O)(CCc1ccccc1CO)C(C)C. The van der Waals surface area contributed by atoms with Gasteiger partial charge < -0.3 is 14.9 Å². The number of benzene rings is 1. The number of ether oxygens (including phenoxy) is 1. The van der Waals surface area contributed by atoms with E-state index >= 15 is 0 Å². The van der Waals surface area contributed by atoms with E-state index in [-0.39, 0.29) is 31.1 Å². The van der Waals surface area contributed by atoms with Crippen molar-refractivity contribution in [3.05, 3.63) is 35.4 Å². The number of esters is 1. The van der Waals surface area contributed by atoms with E-state index < -0.39 is 11.6 Å². The lowest BCUT2D eigenvalue weighted by molar-refractivity contribution is -0.144. The summed E-state index contributed by atoms with van der Waals surface area (Å²) in [6, 6.07) is 7.48. The smallest absolute Gasteiger partial charge is 0.313 e. The fraction of sp³-hybridized carbons (Fsp3) is 0.556. The summed E-state index contributed by atoms with van der Waals surface area (Å²) in [5, 5.41) is 20.2. The topological polar surface area (TPSA) is 83.8 Å². The van der Waals surface area contributed by atoms with Gasteiger partial charge in [0.1, 0.15) is 12.2 Å². The Hall–Kier alpha value is -1.72. The first-order chi connectivity index (χ1) is 10.8. The number of hydrogen-bond acceptors (Lipinski definition) is 5. The lowest BCUT2D eigenvalue weighted by Gasteiger charge is -2.32. The second kappa shape index (κ2) is 8.79. The van der Waals surface area contributed by atoms with Gasteiger partial charge >= 0.3 is 5.97 Å². The zero-order valence-electron chi connectivity index (χ0n) is 14.0. The molecule has 0 aliphatic heterocycles. The molecule has 0 bridgehead atoms. The minimum absolute atomic E-state index is 0.0580. The number of methoxy groups -OCH3 is 1. The molecule has 1 atom stereocenters. The third-order valence-corrected chi connectivity index (χ3v) is 4.26. The highest BCUT2D eigenvalue weighted by Gasteiger charge is 2.33. The molecule has 0 amide bonds. The van der Waals surface area contributed by atoms with Crippen molar-refractivity contribution >= 4 is 11.8 Å². The Bertz CT molecular complexity index is 538. The summed E-state index contributed by atoms with van der Waals surface area (Å²) in [6.45, 7) is 3.64. The molecule has 1 aromatic carbocycles. The van der Waals surface area contributed by atoms with Crippen molar-refractivity contribution < 1.29 is 24.5 Å². The summed E-state index contributed by atoms with van der Waals surface area (Å²) < 4.78 is 4.49. The van der Waals surface area contributed by atoms with Crippen molar-refractivity contribution in [2.24, 2.45) is 5.92 Å². The zero-order chi connectivity index (χ0) is 17.5. The fourth-order valence-electron chi connectivity index (χ4n) is 2.53. The predicted octanol–water partition coefficient (Wildman–Crippen LogP) is 2.02. The molecule has 0 fully saturated rings. The number of carbonyl (C=O) groups excluding carboxylic acids is 2. The van der Waals surface area contributed by atoms with E-state index in [0.717, 1.165) is 11.1 Å². The Balaban J connectivity index is 2.77. The van der Waals surface area contributed by atoms with E-state index in [4.69, 9.17) is 0 Å². The van der Waals surface area contributed by atoms with Crippen molar-refractivity contribution in [3.63, 3.8) is 0 Å². The quantitative estimate of drug-likeness (QED) is 0.537. The number of aryl methyl sites for hydroxylation is 1. The fourth-order valence-corrected chi connectivity index (χ4v) is 2.53. The van der Waals surface area contributed by atoms with Crippen LogP contribution < -0.4 is 0 Å². The molecule has 2 N–H and O–H groups in total. The number of Topliss-reactive ketones (excluding diaryl/α,β-unsaturated/α-hetero) is 1. The van der Waals surface area contributed by atoms with Crippen LogP contribution in [0.3, 0.4) is 0 Å². The standard InChI is InChI=1S/C18H26O5/c1-13(2)18(22,11-16(20)10-17(21)23-3)9-8-14-6-4-5-7-15(14)12-19/h4-7,13,19,22H,8-12H2,1-3H3. The van der Waals surface area contributed by atoms with Crippen LogP contribution in [0.15, 0.2) is 24.3 Å². The second-order valence-corrected chi connectivity index (χ2v) is 6.15. The molecule has 128 valence electrons. The molecular weight excluding hydrogens is 296 g/mol. The molecule has 1 rings (SSSR count). The van der Waals surface area contributed by atoms with Gasteiger partial charge in [-0.1, -0.05) is 38.1 Å². The molecule has 0 aliphatic rings. The van der Waals surface area contributed by atoms with Gasteiger partial charge in [-0.15, -0.1) is 0 Å². The van der Waals surface area contributed by atoms with E-state index in [9.17, 15) is 19.8 Å². The summed E-state index contributed by atoms with van der Waals surface area (Å²) in [5.41, 5.74) is 0.585. The molecule has 1 unspecified atom stereocenters. The minimum atomic E-state index is -1.19. The van der Waals surface area contributed by atoms with Crippen LogP contribution in [-0.2, 0) is 27.4 Å². The van der Waals surface area contributed by atoms with Crippen LogP contribution in [0.2, 0.25) is 0 Å². The summed E-state index contributed by atoms with van der Waals surface area (Å²) in [7, 11) is 1.23. The molecular formula is C18H26O5. The van der Waals surface area contributed by atoms with Crippen LogP contribution in [0.4, 0.5) is 0 Å². The molecule has 0 saturated carbocycles. The minimum Gasteiger partial charge on any atom is -0.469 e. The number of aliphatic hydroxyl groups excluding tert-OH is 1. The number of hydrogen-bond donors (Lipinski definition) is 2. The highest BCUT2D eigenvalue weighted by molar-refractivity contribution is 5.95. The van der Waals surface area contributed by atoms with Crippen molar-refractivity contribution in [1.82, 2.24) is 0 Å². The monoisotopic (exact) mass is 322 g/mol. The molecule has 0 spiro atoms. The van der Waals surface area contributed by atoms with Crippen molar-refractivity contribution in [2.45, 2.75) is 51.7 Å². The summed E-state index contributed by atoms with van der Waals surface area (Å²) >= 11 is 0.